The SMILES string of the molecule is Br.COc1c(C(C)(C)C)cc2c(c1-c1cc(C(F)(F)F)cc(C(F)(F)F)c1)C[N+](C)([C@@H](C)C(C)(C)C)Cc1c-2cc(C(C)(C)C)c(OC)c1-c1cc(C(F)(F)F)cc(C(F)(F)F)c1. The highest BCUT2D eigenvalue weighted by molar-refractivity contribution is 8.93. The lowest BCUT2D eigenvalue weighted by molar-refractivity contribution is -0.962. The predicted octanol–water partition coefficient (Wildman–Crippen LogP) is 15.8. The van der Waals surface area contributed by atoms with E-state index in [0.29, 0.717) is 46.5 Å². The molecule has 348 valence electrons. The number of fused-ring (bicyclic) bond motifs is 3. The Kier molecular flexibility index (Phi) is 13.5. The third-order valence-corrected chi connectivity index (χ3v) is 12.1. The van der Waals surface area contributed by atoms with Crippen LogP contribution in [0.1, 0.15) is 114 Å². The van der Waals surface area contributed by atoms with Gasteiger partial charge in [0.05, 0.1) is 49.6 Å². The smallest absolute Gasteiger partial charge is 0.416 e. The summed E-state index contributed by atoms with van der Waals surface area (Å²) in [5.41, 5.74) is -7.65. The van der Waals surface area contributed by atoms with Gasteiger partial charge >= 0.3 is 24.7 Å². The number of alkyl halides is 12. The Labute approximate surface area is 371 Å². The summed E-state index contributed by atoms with van der Waals surface area (Å²) in [6, 6.07) is 5.69. The minimum atomic E-state index is -5.20. The van der Waals surface area contributed by atoms with Crippen LogP contribution in [0.3, 0.4) is 0 Å². The van der Waals surface area contributed by atoms with Gasteiger partial charge in [-0.3, -0.25) is 0 Å². The molecule has 4 aromatic rings. The molecule has 16 heteroatoms. The molecule has 0 spiro atoms. The highest BCUT2D eigenvalue weighted by Gasteiger charge is 2.46. The number of quaternary nitrogens is 1. The number of hydrogen-bond acceptors (Lipinski definition) is 2. The van der Waals surface area contributed by atoms with Gasteiger partial charge in [0, 0.05) is 38.8 Å². The highest BCUT2D eigenvalue weighted by atomic mass is 79.9. The maximum absolute atomic E-state index is 14.5. The van der Waals surface area contributed by atoms with Crippen LogP contribution in [0.25, 0.3) is 33.4 Å². The predicted molar refractivity (Wildman–Crippen MR) is 226 cm³/mol. The van der Waals surface area contributed by atoms with E-state index < -0.39 is 80.4 Å². The van der Waals surface area contributed by atoms with Crippen molar-refractivity contribution in [3.63, 3.8) is 0 Å². The second kappa shape index (κ2) is 16.5. The lowest BCUT2D eigenvalue weighted by atomic mass is 9.76. The molecule has 1 atom stereocenters. The topological polar surface area (TPSA) is 18.5 Å². The molecule has 3 nitrogen and oxygen atoms in total. The Morgan fingerprint density at radius 3 is 0.952 bits per heavy atom. The van der Waals surface area contributed by atoms with Crippen molar-refractivity contribution in [2.24, 2.45) is 5.41 Å². The van der Waals surface area contributed by atoms with Gasteiger partial charge in [0.1, 0.15) is 24.6 Å². The second-order valence-corrected chi connectivity index (χ2v) is 19.6. The highest BCUT2D eigenvalue weighted by Crippen LogP contribution is 2.56. The largest absolute Gasteiger partial charge is 0.496 e. The average Bonchev–Trinajstić information content (AvgIpc) is 3.23. The fourth-order valence-electron chi connectivity index (χ4n) is 8.55. The maximum atomic E-state index is 14.5. The van der Waals surface area contributed by atoms with Crippen molar-refractivity contribution < 1.29 is 66.6 Å². The Morgan fingerprint density at radius 2 is 0.746 bits per heavy atom. The number of rotatable bonds is 5. The summed E-state index contributed by atoms with van der Waals surface area (Å²) in [5, 5.41) is 0. The van der Waals surface area contributed by atoms with E-state index in [1.54, 1.807) is 60.7 Å². The van der Waals surface area contributed by atoms with Gasteiger partial charge in [0.25, 0.3) is 0 Å². The molecular weight excluding hydrogens is 918 g/mol. The van der Waals surface area contributed by atoms with Crippen LogP contribution in [-0.2, 0) is 48.6 Å². The molecule has 0 fully saturated rings. The molecular formula is C47H53BrF12NO2+. The summed E-state index contributed by atoms with van der Waals surface area (Å²) in [6.45, 7) is 18.2. The van der Waals surface area contributed by atoms with Crippen LogP contribution in [0.5, 0.6) is 11.5 Å². The van der Waals surface area contributed by atoms with E-state index in [9.17, 15) is 52.7 Å². The van der Waals surface area contributed by atoms with Gasteiger partial charge in [-0.05, 0) is 88.5 Å². The van der Waals surface area contributed by atoms with Crippen LogP contribution in [-0.4, -0.2) is 31.8 Å². The van der Waals surface area contributed by atoms with E-state index in [1.807, 2.05) is 27.7 Å². The van der Waals surface area contributed by atoms with Crippen molar-refractivity contribution >= 4 is 17.0 Å². The summed E-state index contributed by atoms with van der Waals surface area (Å²) in [6.07, 6.45) is -20.8. The Hall–Kier alpha value is -3.92. The van der Waals surface area contributed by atoms with Crippen molar-refractivity contribution in [1.82, 2.24) is 0 Å². The summed E-state index contributed by atoms with van der Waals surface area (Å²) in [7, 11) is 4.33. The zero-order valence-electron chi connectivity index (χ0n) is 37.3. The first-order valence-corrected chi connectivity index (χ1v) is 19.8. The molecule has 0 unspecified atom stereocenters. The van der Waals surface area contributed by atoms with Gasteiger partial charge < -0.3 is 14.0 Å². The number of methoxy groups -OCH3 is 2. The molecule has 0 bridgehead atoms. The van der Waals surface area contributed by atoms with Crippen LogP contribution < -0.4 is 9.47 Å². The van der Waals surface area contributed by atoms with Crippen LogP contribution in [0.4, 0.5) is 52.7 Å². The number of halogens is 13. The van der Waals surface area contributed by atoms with Crippen molar-refractivity contribution in [2.45, 2.75) is 124 Å². The van der Waals surface area contributed by atoms with Gasteiger partial charge in [0.2, 0.25) is 0 Å². The second-order valence-electron chi connectivity index (χ2n) is 19.6. The average molecular weight is 972 g/mol. The fourth-order valence-corrected chi connectivity index (χ4v) is 8.55. The first-order valence-electron chi connectivity index (χ1n) is 19.8. The van der Waals surface area contributed by atoms with E-state index in [-0.39, 0.29) is 80.4 Å². The third-order valence-electron chi connectivity index (χ3n) is 12.1. The molecule has 0 aliphatic carbocycles. The van der Waals surface area contributed by atoms with E-state index in [2.05, 4.69) is 0 Å². The number of ether oxygens (including phenoxy) is 2. The molecule has 63 heavy (non-hydrogen) atoms. The number of nitrogens with zero attached hydrogens (tertiary/aromatic N) is 1. The Morgan fingerprint density at radius 1 is 0.476 bits per heavy atom. The van der Waals surface area contributed by atoms with E-state index in [1.165, 1.54) is 14.2 Å². The summed E-state index contributed by atoms with van der Waals surface area (Å²) in [5.74, 6) is 0.0270. The lowest BCUT2D eigenvalue weighted by Crippen LogP contribution is -2.54. The normalized spacial score (nSPS) is 15.5. The summed E-state index contributed by atoms with van der Waals surface area (Å²) in [4.78, 5) is 0. The molecule has 1 aliphatic heterocycles. The van der Waals surface area contributed by atoms with Gasteiger partial charge in [-0.1, -0.05) is 62.3 Å². The first kappa shape index (κ1) is 51.7. The monoisotopic (exact) mass is 970 g/mol. The lowest BCUT2D eigenvalue weighted by Gasteiger charge is -2.46. The third kappa shape index (κ3) is 10.2. The molecule has 0 radical (unpaired) electrons. The molecule has 0 aromatic heterocycles. The van der Waals surface area contributed by atoms with Crippen molar-refractivity contribution in [1.29, 1.82) is 0 Å². The molecule has 4 aromatic carbocycles. The zero-order valence-corrected chi connectivity index (χ0v) is 39.0. The van der Waals surface area contributed by atoms with Crippen LogP contribution >= 0.6 is 17.0 Å². The molecule has 0 amide bonds. The fraction of sp³-hybridized carbons (Fsp3) is 0.489. The van der Waals surface area contributed by atoms with E-state index in [4.69, 9.17) is 9.47 Å². The molecule has 1 heterocycles. The van der Waals surface area contributed by atoms with Crippen LogP contribution in [0.15, 0.2) is 48.5 Å². The van der Waals surface area contributed by atoms with Crippen LogP contribution in [0.2, 0.25) is 0 Å². The quantitative estimate of drug-likeness (QED) is 0.147. The molecule has 5 rings (SSSR count). The van der Waals surface area contributed by atoms with E-state index >= 15 is 0 Å². The van der Waals surface area contributed by atoms with Gasteiger partial charge in [-0.15, -0.1) is 17.0 Å². The van der Waals surface area contributed by atoms with Gasteiger partial charge in [-0.2, -0.15) is 52.7 Å². The van der Waals surface area contributed by atoms with Crippen molar-refractivity contribution in [3.8, 4) is 44.9 Å². The summed E-state index contributed by atoms with van der Waals surface area (Å²) < 4.78 is 186. The molecule has 0 N–H and O–H groups in total. The number of hydrogen-bond donors (Lipinski definition) is 0. The number of benzene rings is 4. The first-order chi connectivity index (χ1) is 27.8. The standard InChI is InChI=1S/C47H52F12NO2.BrH/c1-24(41(2,3)4)60(11)22-33-31(20-35(42(5,6)7)39(61-12)37(33)25-14-27(44(48,49)50)18-28(15-25)45(51,52)53)32-21-36(43(8,9)10)40(62-13)38(34(32)23-60)26-16-29(46(54,55)56)19-30(17-26)47(57,58)59;/h14-21,24H,22-23H2,1-13H3;1H/q+1;/t24-;/m0./s1. The minimum Gasteiger partial charge on any atom is -0.496 e. The molecule has 0 saturated carbocycles. The molecule has 1 aliphatic rings. The summed E-state index contributed by atoms with van der Waals surface area (Å²) >= 11 is 0. The van der Waals surface area contributed by atoms with Crippen LogP contribution in [0, 0.1) is 5.41 Å². The van der Waals surface area contributed by atoms with Crippen molar-refractivity contribution in [2.75, 3.05) is 21.3 Å². The van der Waals surface area contributed by atoms with Gasteiger partial charge in [-0.25, -0.2) is 0 Å². The minimum absolute atomic E-state index is 0. The zero-order chi connectivity index (χ0) is 47.3. The van der Waals surface area contributed by atoms with E-state index in [0.717, 1.165) is 0 Å². The molecule has 0 saturated heterocycles. The van der Waals surface area contributed by atoms with Crippen molar-refractivity contribution in [3.05, 3.63) is 93.0 Å². The Bertz CT molecular complexity index is 2150. The Balaban J connectivity index is 0.00000871. The maximum Gasteiger partial charge on any atom is 0.416 e. The van der Waals surface area contributed by atoms with Gasteiger partial charge in [0.15, 0.2) is 0 Å².